The van der Waals surface area contributed by atoms with Crippen LogP contribution in [0.5, 0.6) is 0 Å². The van der Waals surface area contributed by atoms with E-state index in [1.54, 1.807) is 17.0 Å². The summed E-state index contributed by atoms with van der Waals surface area (Å²) in [5, 5.41) is 2.78. The molecule has 1 aliphatic heterocycles. The van der Waals surface area contributed by atoms with Gasteiger partial charge < -0.3 is 19.4 Å². The Bertz CT molecular complexity index is 709. The van der Waals surface area contributed by atoms with E-state index < -0.39 is 0 Å². The molecular weight excluding hydrogens is 296 g/mol. The Kier molecular flexibility index (Phi) is 4.43. The summed E-state index contributed by atoms with van der Waals surface area (Å²) in [7, 11) is 0. The van der Waals surface area contributed by atoms with Gasteiger partial charge in [-0.1, -0.05) is 6.07 Å². The number of anilines is 2. The zero-order valence-corrected chi connectivity index (χ0v) is 12.9. The van der Waals surface area contributed by atoms with Crippen molar-refractivity contribution in [3.8, 4) is 0 Å². The molecule has 0 unspecified atom stereocenters. The normalized spacial score (nSPS) is 13.0. The molecule has 0 bridgehead atoms. The second-order valence-electron chi connectivity index (χ2n) is 5.21. The van der Waals surface area contributed by atoms with E-state index in [2.05, 4.69) is 5.32 Å². The molecular formula is C17H18N2O4. The SMILES string of the molecule is CCOCC(=O)Nc1ccc2c(c1)N(C(=O)c1ccco1)CC2. The van der Waals surface area contributed by atoms with Crippen LogP contribution in [-0.4, -0.2) is 31.6 Å². The molecule has 3 rings (SSSR count). The van der Waals surface area contributed by atoms with Gasteiger partial charge >= 0.3 is 0 Å². The van der Waals surface area contributed by atoms with Crippen LogP contribution in [0.1, 0.15) is 23.0 Å². The summed E-state index contributed by atoms with van der Waals surface area (Å²) < 4.78 is 10.3. The van der Waals surface area contributed by atoms with Crippen molar-refractivity contribution >= 4 is 23.2 Å². The molecule has 0 spiro atoms. The van der Waals surface area contributed by atoms with E-state index in [9.17, 15) is 9.59 Å². The number of ether oxygens (including phenoxy) is 1. The van der Waals surface area contributed by atoms with Gasteiger partial charge in [-0.2, -0.15) is 0 Å². The van der Waals surface area contributed by atoms with Crippen LogP contribution in [0.15, 0.2) is 41.0 Å². The maximum atomic E-state index is 12.5. The Hall–Kier alpha value is -2.60. The highest BCUT2D eigenvalue weighted by Crippen LogP contribution is 2.32. The fourth-order valence-electron chi connectivity index (χ4n) is 2.59. The Balaban J connectivity index is 1.77. The molecule has 2 heterocycles. The molecule has 0 saturated carbocycles. The highest BCUT2D eigenvalue weighted by Gasteiger charge is 2.27. The molecule has 2 aromatic rings. The van der Waals surface area contributed by atoms with E-state index in [4.69, 9.17) is 9.15 Å². The van der Waals surface area contributed by atoms with Crippen LogP contribution in [0.4, 0.5) is 11.4 Å². The number of fused-ring (bicyclic) bond motifs is 1. The van der Waals surface area contributed by atoms with E-state index >= 15 is 0 Å². The second-order valence-corrected chi connectivity index (χ2v) is 5.21. The fraction of sp³-hybridized carbons (Fsp3) is 0.294. The summed E-state index contributed by atoms with van der Waals surface area (Å²) in [6, 6.07) is 8.92. The monoisotopic (exact) mass is 314 g/mol. The molecule has 0 atom stereocenters. The number of nitrogens with one attached hydrogen (secondary N) is 1. The number of carbonyl (C=O) groups is 2. The Labute approximate surface area is 134 Å². The number of amides is 2. The van der Waals surface area contributed by atoms with Crippen molar-refractivity contribution in [3.63, 3.8) is 0 Å². The van der Waals surface area contributed by atoms with Crippen LogP contribution < -0.4 is 10.2 Å². The average Bonchev–Trinajstić information content (AvgIpc) is 3.21. The molecule has 120 valence electrons. The fourth-order valence-corrected chi connectivity index (χ4v) is 2.59. The molecule has 1 aromatic heterocycles. The summed E-state index contributed by atoms with van der Waals surface area (Å²) in [6.07, 6.45) is 2.27. The first kappa shape index (κ1) is 15.3. The highest BCUT2D eigenvalue weighted by molar-refractivity contribution is 6.06. The third-order valence-electron chi connectivity index (χ3n) is 3.68. The smallest absolute Gasteiger partial charge is 0.293 e. The van der Waals surface area contributed by atoms with Gasteiger partial charge in [0.1, 0.15) is 6.61 Å². The molecule has 6 nitrogen and oxygen atoms in total. The summed E-state index contributed by atoms with van der Waals surface area (Å²) in [4.78, 5) is 25.9. The lowest BCUT2D eigenvalue weighted by atomic mass is 10.1. The van der Waals surface area contributed by atoms with Crippen molar-refractivity contribution in [1.82, 2.24) is 0 Å². The van der Waals surface area contributed by atoms with E-state index in [1.165, 1.54) is 6.26 Å². The summed E-state index contributed by atoms with van der Waals surface area (Å²) >= 11 is 0. The van der Waals surface area contributed by atoms with Crippen LogP contribution in [0.25, 0.3) is 0 Å². The van der Waals surface area contributed by atoms with Crippen LogP contribution in [0.3, 0.4) is 0 Å². The molecule has 0 fully saturated rings. The topological polar surface area (TPSA) is 71.8 Å². The van der Waals surface area contributed by atoms with Gasteiger partial charge in [0.15, 0.2) is 5.76 Å². The zero-order valence-electron chi connectivity index (χ0n) is 12.9. The largest absolute Gasteiger partial charge is 0.459 e. The van der Waals surface area contributed by atoms with Crippen molar-refractivity contribution in [2.45, 2.75) is 13.3 Å². The third-order valence-corrected chi connectivity index (χ3v) is 3.68. The first-order valence-corrected chi connectivity index (χ1v) is 7.55. The van der Waals surface area contributed by atoms with Crippen LogP contribution in [0.2, 0.25) is 0 Å². The minimum absolute atomic E-state index is 0.0165. The van der Waals surface area contributed by atoms with Crippen LogP contribution >= 0.6 is 0 Å². The van der Waals surface area contributed by atoms with Gasteiger partial charge in [-0.3, -0.25) is 9.59 Å². The number of rotatable bonds is 5. The Morgan fingerprint density at radius 3 is 2.96 bits per heavy atom. The molecule has 0 saturated heterocycles. The lowest BCUT2D eigenvalue weighted by Gasteiger charge is -2.17. The minimum atomic E-state index is -0.214. The van der Waals surface area contributed by atoms with Gasteiger partial charge in [0, 0.05) is 24.5 Å². The van der Waals surface area contributed by atoms with Gasteiger partial charge in [0.25, 0.3) is 5.91 Å². The summed E-state index contributed by atoms with van der Waals surface area (Å²) in [6.45, 7) is 2.94. The number of hydrogen-bond acceptors (Lipinski definition) is 4. The molecule has 0 radical (unpaired) electrons. The standard InChI is InChI=1S/C17H18N2O4/c1-2-22-11-16(20)18-13-6-5-12-7-8-19(14(12)10-13)17(21)15-4-3-9-23-15/h3-6,9-10H,2,7-8,11H2,1H3,(H,18,20). The molecule has 1 N–H and O–H groups in total. The molecule has 23 heavy (non-hydrogen) atoms. The van der Waals surface area contributed by atoms with Gasteiger partial charge in [0.05, 0.1) is 6.26 Å². The molecule has 6 heteroatoms. The highest BCUT2D eigenvalue weighted by atomic mass is 16.5. The molecule has 0 aliphatic carbocycles. The Morgan fingerprint density at radius 2 is 2.22 bits per heavy atom. The lowest BCUT2D eigenvalue weighted by Crippen LogP contribution is -2.28. The van der Waals surface area contributed by atoms with Crippen molar-refractivity contribution < 1.29 is 18.7 Å². The van der Waals surface area contributed by atoms with E-state index in [0.717, 1.165) is 17.7 Å². The number of nitrogens with zero attached hydrogens (tertiary/aromatic N) is 1. The zero-order chi connectivity index (χ0) is 16.2. The quantitative estimate of drug-likeness (QED) is 0.920. The molecule has 1 aliphatic rings. The first-order valence-electron chi connectivity index (χ1n) is 7.55. The maximum absolute atomic E-state index is 12.5. The number of hydrogen-bond donors (Lipinski definition) is 1. The van der Waals surface area contributed by atoms with Crippen molar-refractivity contribution in [1.29, 1.82) is 0 Å². The second kappa shape index (κ2) is 6.66. The van der Waals surface area contributed by atoms with E-state index in [1.807, 2.05) is 25.1 Å². The van der Waals surface area contributed by atoms with Gasteiger partial charge in [-0.05, 0) is 43.2 Å². The van der Waals surface area contributed by atoms with E-state index in [0.29, 0.717) is 24.6 Å². The van der Waals surface area contributed by atoms with Crippen molar-refractivity contribution in [2.75, 3.05) is 30.0 Å². The van der Waals surface area contributed by atoms with Gasteiger partial charge in [-0.25, -0.2) is 0 Å². The lowest BCUT2D eigenvalue weighted by molar-refractivity contribution is -0.120. The van der Waals surface area contributed by atoms with Gasteiger partial charge in [-0.15, -0.1) is 0 Å². The summed E-state index contributed by atoms with van der Waals surface area (Å²) in [5.74, 6) is -0.0797. The first-order chi connectivity index (χ1) is 11.2. The predicted molar refractivity (Wildman–Crippen MR) is 85.7 cm³/mol. The van der Waals surface area contributed by atoms with Crippen molar-refractivity contribution in [2.24, 2.45) is 0 Å². The van der Waals surface area contributed by atoms with Gasteiger partial charge in [0.2, 0.25) is 5.91 Å². The molecule has 1 aromatic carbocycles. The average molecular weight is 314 g/mol. The number of benzene rings is 1. The number of furan rings is 1. The van der Waals surface area contributed by atoms with Crippen LogP contribution in [0, 0.1) is 0 Å². The predicted octanol–water partition coefficient (Wildman–Crippen LogP) is 2.46. The van der Waals surface area contributed by atoms with E-state index in [-0.39, 0.29) is 18.4 Å². The van der Waals surface area contributed by atoms with Crippen molar-refractivity contribution in [3.05, 3.63) is 47.9 Å². The van der Waals surface area contributed by atoms with Crippen LogP contribution in [-0.2, 0) is 16.0 Å². The third kappa shape index (κ3) is 3.27. The summed E-state index contributed by atoms with van der Waals surface area (Å²) in [5.41, 5.74) is 2.53. The Morgan fingerprint density at radius 1 is 1.35 bits per heavy atom. The minimum Gasteiger partial charge on any atom is -0.459 e. The maximum Gasteiger partial charge on any atom is 0.293 e. The number of carbonyl (C=O) groups excluding carboxylic acids is 2. The molecule has 2 amide bonds.